The van der Waals surface area contributed by atoms with Gasteiger partial charge >= 0.3 is 0 Å². The van der Waals surface area contributed by atoms with Crippen molar-refractivity contribution in [3.8, 4) is 23.0 Å². The zero-order valence-electron chi connectivity index (χ0n) is 20.8. The van der Waals surface area contributed by atoms with Crippen LogP contribution in [-0.4, -0.2) is 38.4 Å². The molecule has 0 aliphatic heterocycles. The lowest BCUT2D eigenvalue weighted by Gasteiger charge is -2.13. The van der Waals surface area contributed by atoms with Crippen LogP contribution in [0.5, 0.6) is 11.5 Å². The average Bonchev–Trinajstić information content (AvgIpc) is 3.65. The lowest BCUT2D eigenvalue weighted by Crippen LogP contribution is -2.10. The Morgan fingerprint density at radius 3 is 2.46 bits per heavy atom. The molecule has 1 aromatic carbocycles. The summed E-state index contributed by atoms with van der Waals surface area (Å²) in [7, 11) is 1.48. The predicted octanol–water partition coefficient (Wildman–Crippen LogP) is 4.98. The van der Waals surface area contributed by atoms with Gasteiger partial charge in [0.05, 0.1) is 20.3 Å². The number of anilines is 3. The van der Waals surface area contributed by atoms with Gasteiger partial charge in [0.25, 0.3) is 0 Å². The van der Waals surface area contributed by atoms with Crippen LogP contribution in [-0.2, 0) is 6.54 Å². The minimum atomic E-state index is -0.686. The van der Waals surface area contributed by atoms with E-state index in [-0.39, 0.29) is 35.4 Å². The number of nitrogens with one attached hydrogen (secondary N) is 1. The fourth-order valence-electron chi connectivity index (χ4n) is 4.33. The van der Waals surface area contributed by atoms with Crippen LogP contribution >= 0.6 is 0 Å². The molecule has 37 heavy (non-hydrogen) atoms. The van der Waals surface area contributed by atoms with E-state index in [1.165, 1.54) is 19.2 Å². The van der Waals surface area contributed by atoms with Crippen molar-refractivity contribution < 1.29 is 18.3 Å². The van der Waals surface area contributed by atoms with Gasteiger partial charge in [-0.25, -0.2) is 18.7 Å². The molecule has 5 rings (SSSR count). The van der Waals surface area contributed by atoms with E-state index in [9.17, 15) is 8.78 Å². The number of methoxy groups -OCH3 is 1. The summed E-state index contributed by atoms with van der Waals surface area (Å²) in [5.74, 6) is 0.0929. The van der Waals surface area contributed by atoms with Gasteiger partial charge in [-0.2, -0.15) is 5.10 Å². The highest BCUT2D eigenvalue weighted by Gasteiger charge is 2.33. The largest absolute Gasteiger partial charge is 0.494 e. The van der Waals surface area contributed by atoms with E-state index in [0.717, 1.165) is 29.8 Å². The zero-order chi connectivity index (χ0) is 26.1. The summed E-state index contributed by atoms with van der Waals surface area (Å²) in [5, 5.41) is 7.89. The maximum absolute atomic E-state index is 14.9. The van der Waals surface area contributed by atoms with Gasteiger partial charge in [-0.15, -0.1) is 0 Å². The molecule has 0 amide bonds. The zero-order valence-corrected chi connectivity index (χ0v) is 20.8. The molecule has 192 valence electrons. The van der Waals surface area contributed by atoms with Gasteiger partial charge in [0.2, 0.25) is 5.75 Å². The number of nitrogens with zero attached hydrogens (tertiary/aromatic N) is 5. The number of hydrogen-bond acceptors (Lipinski definition) is 8. The number of hydrogen-bond donors (Lipinski definition) is 2. The van der Waals surface area contributed by atoms with Crippen LogP contribution in [0.4, 0.5) is 26.1 Å². The van der Waals surface area contributed by atoms with Crippen LogP contribution < -0.4 is 20.5 Å². The number of aromatic nitrogens is 5. The van der Waals surface area contributed by atoms with E-state index < -0.39 is 11.6 Å². The molecule has 0 bridgehead atoms. The van der Waals surface area contributed by atoms with Gasteiger partial charge in [0, 0.05) is 53.0 Å². The van der Waals surface area contributed by atoms with Crippen LogP contribution in [0.1, 0.15) is 42.5 Å². The quantitative estimate of drug-likeness (QED) is 0.326. The Bertz CT molecular complexity index is 1420. The van der Waals surface area contributed by atoms with Crippen molar-refractivity contribution >= 4 is 17.3 Å². The van der Waals surface area contributed by atoms with Crippen LogP contribution in [0.25, 0.3) is 11.5 Å². The third-order valence-electron chi connectivity index (χ3n) is 6.19. The Labute approximate surface area is 212 Å². The summed E-state index contributed by atoms with van der Waals surface area (Å²) < 4.78 is 42.1. The number of nitrogens with two attached hydrogens (primary N) is 1. The minimum absolute atomic E-state index is 0.0789. The molecule has 4 aromatic rings. The molecule has 0 saturated heterocycles. The molecule has 3 N–H and O–H groups in total. The van der Waals surface area contributed by atoms with Crippen molar-refractivity contribution in [2.24, 2.45) is 0 Å². The van der Waals surface area contributed by atoms with Gasteiger partial charge in [-0.05, 0) is 38.8 Å². The summed E-state index contributed by atoms with van der Waals surface area (Å²) in [5.41, 5.74) is 9.10. The van der Waals surface area contributed by atoms with Gasteiger partial charge in [-0.1, -0.05) is 0 Å². The number of pyridine rings is 1. The first-order chi connectivity index (χ1) is 17.9. The maximum atomic E-state index is 14.9. The van der Waals surface area contributed by atoms with Gasteiger partial charge < -0.3 is 20.5 Å². The molecule has 11 heteroatoms. The molecule has 1 fully saturated rings. The third-order valence-corrected chi connectivity index (χ3v) is 6.19. The Balaban J connectivity index is 1.56. The van der Waals surface area contributed by atoms with Crippen LogP contribution in [0.15, 0.2) is 36.7 Å². The molecule has 0 atom stereocenters. The summed E-state index contributed by atoms with van der Waals surface area (Å²) >= 11 is 0. The van der Waals surface area contributed by atoms with E-state index in [1.807, 2.05) is 6.92 Å². The standard InChI is InChI=1S/C26H27F2N7O2/c1-4-37-17-11-19(27)18(20(28)12-17)13-35-22(15-5-6-15)14(2)21(34-35)25-32-24(29)23(36-3)26(33-25)31-16-7-9-30-10-8-16/h7-12,15H,4-6,13H2,1-3H3,(H3,29,30,31,32,33). The monoisotopic (exact) mass is 507 g/mol. The van der Waals surface area contributed by atoms with Crippen molar-refractivity contribution in [2.45, 2.75) is 39.2 Å². The second-order valence-electron chi connectivity index (χ2n) is 8.76. The highest BCUT2D eigenvalue weighted by molar-refractivity contribution is 5.72. The molecule has 0 unspecified atom stereocenters. The highest BCUT2D eigenvalue weighted by Crippen LogP contribution is 2.44. The van der Waals surface area contributed by atoms with E-state index in [0.29, 0.717) is 23.9 Å². The number of halogens is 2. The van der Waals surface area contributed by atoms with E-state index >= 15 is 0 Å². The van der Waals surface area contributed by atoms with Crippen molar-refractivity contribution in [3.05, 3.63) is 65.1 Å². The molecular formula is C26H27F2N7O2. The molecule has 1 saturated carbocycles. The highest BCUT2D eigenvalue weighted by atomic mass is 19.1. The second kappa shape index (κ2) is 10.00. The fourth-order valence-corrected chi connectivity index (χ4v) is 4.33. The van der Waals surface area contributed by atoms with Crippen LogP contribution in [0, 0.1) is 18.6 Å². The maximum Gasteiger partial charge on any atom is 0.204 e. The fraction of sp³-hybridized carbons (Fsp3) is 0.308. The topological polar surface area (TPSA) is 113 Å². The Morgan fingerprint density at radius 1 is 1.14 bits per heavy atom. The number of rotatable bonds is 9. The Hall–Kier alpha value is -4.28. The summed E-state index contributed by atoms with van der Waals surface area (Å²) in [4.78, 5) is 13.1. The van der Waals surface area contributed by atoms with Crippen molar-refractivity contribution in [2.75, 3.05) is 24.8 Å². The molecule has 0 spiro atoms. The molecule has 9 nitrogen and oxygen atoms in total. The van der Waals surface area contributed by atoms with E-state index in [4.69, 9.17) is 20.3 Å². The van der Waals surface area contributed by atoms with Gasteiger partial charge in [-0.3, -0.25) is 9.67 Å². The first kappa shape index (κ1) is 24.4. The first-order valence-electron chi connectivity index (χ1n) is 12.0. The molecule has 1 aliphatic rings. The molecular weight excluding hydrogens is 480 g/mol. The van der Waals surface area contributed by atoms with Crippen molar-refractivity contribution in [1.82, 2.24) is 24.7 Å². The number of ether oxygens (including phenoxy) is 2. The van der Waals surface area contributed by atoms with Crippen LogP contribution in [0.2, 0.25) is 0 Å². The van der Waals surface area contributed by atoms with E-state index in [1.54, 1.807) is 36.1 Å². The summed E-state index contributed by atoms with van der Waals surface area (Å²) in [6, 6.07) is 5.95. The first-order valence-corrected chi connectivity index (χ1v) is 12.0. The van der Waals surface area contributed by atoms with Crippen molar-refractivity contribution in [3.63, 3.8) is 0 Å². The molecule has 0 radical (unpaired) electrons. The predicted molar refractivity (Wildman–Crippen MR) is 135 cm³/mol. The lowest BCUT2D eigenvalue weighted by molar-refractivity contribution is 0.335. The summed E-state index contributed by atoms with van der Waals surface area (Å²) in [6.45, 7) is 3.90. The van der Waals surface area contributed by atoms with Gasteiger partial charge in [0.15, 0.2) is 17.5 Å². The van der Waals surface area contributed by atoms with E-state index in [2.05, 4.69) is 20.3 Å². The Morgan fingerprint density at radius 2 is 1.84 bits per heavy atom. The van der Waals surface area contributed by atoms with Crippen LogP contribution in [0.3, 0.4) is 0 Å². The normalized spacial score (nSPS) is 13.0. The molecule has 1 aliphatic carbocycles. The number of nitrogen functional groups attached to an aromatic ring is 1. The second-order valence-corrected chi connectivity index (χ2v) is 8.76. The summed E-state index contributed by atoms with van der Waals surface area (Å²) in [6.07, 6.45) is 5.24. The number of benzene rings is 1. The third kappa shape index (κ3) is 4.89. The Kier molecular flexibility index (Phi) is 6.60. The smallest absolute Gasteiger partial charge is 0.204 e. The molecule has 3 heterocycles. The van der Waals surface area contributed by atoms with Gasteiger partial charge in [0.1, 0.15) is 23.1 Å². The SMILES string of the molecule is CCOc1cc(F)c(Cn2nc(-c3nc(N)c(OC)c(Nc4ccncc4)n3)c(C)c2C2CC2)c(F)c1. The lowest BCUT2D eigenvalue weighted by atomic mass is 10.1. The molecule has 3 aromatic heterocycles. The minimum Gasteiger partial charge on any atom is -0.494 e. The average molecular weight is 508 g/mol. The van der Waals surface area contributed by atoms with Crippen molar-refractivity contribution in [1.29, 1.82) is 0 Å².